The second-order valence-electron chi connectivity index (χ2n) is 7.17. The van der Waals surface area contributed by atoms with Crippen LogP contribution in [0.4, 0.5) is 5.69 Å². The molecule has 2 aromatic rings. The van der Waals surface area contributed by atoms with E-state index in [2.05, 4.69) is 12.2 Å². The summed E-state index contributed by atoms with van der Waals surface area (Å²) >= 11 is 1.41. The number of hydrogen-bond acceptors (Lipinski definition) is 3. The van der Waals surface area contributed by atoms with E-state index in [-0.39, 0.29) is 17.6 Å². The SMILES string of the molecule is Cc1ccc(NC(=O)CSc2ccccc2C(=O)N2CCC(C)CC2)cc1. The Morgan fingerprint density at radius 3 is 2.44 bits per heavy atom. The summed E-state index contributed by atoms with van der Waals surface area (Å²) < 4.78 is 0. The van der Waals surface area contributed by atoms with Crippen LogP contribution in [0.2, 0.25) is 0 Å². The first-order valence-corrected chi connectivity index (χ1v) is 10.4. The quantitative estimate of drug-likeness (QED) is 0.769. The van der Waals surface area contributed by atoms with E-state index in [9.17, 15) is 9.59 Å². The van der Waals surface area contributed by atoms with E-state index in [1.165, 1.54) is 11.8 Å². The molecule has 0 atom stereocenters. The van der Waals surface area contributed by atoms with E-state index in [0.29, 0.717) is 11.5 Å². The molecule has 1 aliphatic rings. The Morgan fingerprint density at radius 2 is 1.74 bits per heavy atom. The summed E-state index contributed by atoms with van der Waals surface area (Å²) in [6.07, 6.45) is 2.11. The maximum absolute atomic E-state index is 12.9. The van der Waals surface area contributed by atoms with Crippen molar-refractivity contribution in [2.45, 2.75) is 31.6 Å². The number of hydrogen-bond donors (Lipinski definition) is 1. The van der Waals surface area contributed by atoms with E-state index < -0.39 is 0 Å². The maximum Gasteiger partial charge on any atom is 0.254 e. The monoisotopic (exact) mass is 382 g/mol. The van der Waals surface area contributed by atoms with E-state index in [4.69, 9.17) is 0 Å². The molecule has 1 saturated heterocycles. The molecule has 0 spiro atoms. The van der Waals surface area contributed by atoms with E-state index >= 15 is 0 Å². The molecular formula is C22H26N2O2S. The van der Waals surface area contributed by atoms with Crippen LogP contribution < -0.4 is 5.32 Å². The third kappa shape index (κ3) is 5.36. The lowest BCUT2D eigenvalue weighted by atomic mass is 9.98. The molecule has 4 nitrogen and oxygen atoms in total. The van der Waals surface area contributed by atoms with Gasteiger partial charge >= 0.3 is 0 Å². The van der Waals surface area contributed by atoms with Gasteiger partial charge in [0.15, 0.2) is 0 Å². The molecule has 0 aliphatic carbocycles. The van der Waals surface area contributed by atoms with Gasteiger partial charge in [0.1, 0.15) is 0 Å². The van der Waals surface area contributed by atoms with Crippen molar-refractivity contribution in [2.75, 3.05) is 24.2 Å². The van der Waals surface area contributed by atoms with Gasteiger partial charge in [0.05, 0.1) is 11.3 Å². The highest BCUT2D eigenvalue weighted by atomic mass is 32.2. The summed E-state index contributed by atoms with van der Waals surface area (Å²) in [5.74, 6) is 0.959. The highest BCUT2D eigenvalue weighted by Crippen LogP contribution is 2.26. The van der Waals surface area contributed by atoms with Crippen LogP contribution in [0, 0.1) is 12.8 Å². The molecule has 1 fully saturated rings. The topological polar surface area (TPSA) is 49.4 Å². The average Bonchev–Trinajstić information content (AvgIpc) is 2.68. The molecule has 1 N–H and O–H groups in total. The van der Waals surface area contributed by atoms with Crippen LogP contribution in [0.1, 0.15) is 35.7 Å². The number of piperidine rings is 1. The highest BCUT2D eigenvalue weighted by Gasteiger charge is 2.23. The van der Waals surface area contributed by atoms with Crippen molar-refractivity contribution in [2.24, 2.45) is 5.92 Å². The Kier molecular flexibility index (Phi) is 6.56. The normalized spacial score (nSPS) is 14.8. The van der Waals surface area contributed by atoms with Gasteiger partial charge in [-0.25, -0.2) is 0 Å². The zero-order valence-corrected chi connectivity index (χ0v) is 16.7. The number of nitrogens with one attached hydrogen (secondary N) is 1. The van der Waals surface area contributed by atoms with Crippen molar-refractivity contribution >= 4 is 29.3 Å². The van der Waals surface area contributed by atoms with Crippen molar-refractivity contribution in [1.82, 2.24) is 4.90 Å². The first-order valence-electron chi connectivity index (χ1n) is 9.40. The summed E-state index contributed by atoms with van der Waals surface area (Å²) in [6, 6.07) is 15.3. The van der Waals surface area contributed by atoms with Gasteiger partial charge in [0, 0.05) is 23.7 Å². The number of thioether (sulfide) groups is 1. The molecular weight excluding hydrogens is 356 g/mol. The van der Waals surface area contributed by atoms with Gasteiger partial charge < -0.3 is 10.2 Å². The lowest BCUT2D eigenvalue weighted by Gasteiger charge is -2.30. The maximum atomic E-state index is 12.9. The molecule has 1 heterocycles. The standard InChI is InChI=1S/C22H26N2O2S/c1-16-7-9-18(10-8-16)23-21(25)15-27-20-6-4-3-5-19(20)22(26)24-13-11-17(2)12-14-24/h3-10,17H,11-15H2,1-2H3,(H,23,25). The first-order chi connectivity index (χ1) is 13.0. The molecule has 5 heteroatoms. The number of aryl methyl sites for hydroxylation is 1. The Balaban J connectivity index is 1.61. The second kappa shape index (κ2) is 9.09. The molecule has 0 unspecified atom stereocenters. The van der Waals surface area contributed by atoms with Gasteiger partial charge in [-0.05, 0) is 49.9 Å². The first kappa shape index (κ1) is 19.5. The number of anilines is 1. The third-order valence-corrected chi connectivity index (χ3v) is 5.96. The van der Waals surface area contributed by atoms with Gasteiger partial charge in [-0.3, -0.25) is 9.59 Å². The van der Waals surface area contributed by atoms with Crippen LogP contribution in [0.15, 0.2) is 53.4 Å². The molecule has 0 saturated carbocycles. The Labute approximate surface area is 165 Å². The number of nitrogens with zero attached hydrogens (tertiary/aromatic N) is 1. The number of likely N-dealkylation sites (tertiary alicyclic amines) is 1. The molecule has 2 aromatic carbocycles. The largest absolute Gasteiger partial charge is 0.339 e. The van der Waals surface area contributed by atoms with E-state index in [0.717, 1.165) is 42.1 Å². The highest BCUT2D eigenvalue weighted by molar-refractivity contribution is 8.00. The van der Waals surface area contributed by atoms with Crippen LogP contribution in [0.5, 0.6) is 0 Å². The number of amides is 2. The molecule has 0 bridgehead atoms. The van der Waals surface area contributed by atoms with Crippen molar-refractivity contribution < 1.29 is 9.59 Å². The zero-order valence-electron chi connectivity index (χ0n) is 15.9. The summed E-state index contributed by atoms with van der Waals surface area (Å²) in [4.78, 5) is 28.0. The fourth-order valence-electron chi connectivity index (χ4n) is 3.13. The summed E-state index contributed by atoms with van der Waals surface area (Å²) in [5.41, 5.74) is 2.64. The van der Waals surface area contributed by atoms with Crippen LogP contribution in [0.25, 0.3) is 0 Å². The molecule has 142 valence electrons. The summed E-state index contributed by atoms with van der Waals surface area (Å²) in [5, 5.41) is 2.90. The van der Waals surface area contributed by atoms with Gasteiger partial charge in [-0.15, -0.1) is 11.8 Å². The predicted octanol–water partition coefficient (Wildman–Crippen LogP) is 4.60. The molecule has 0 aromatic heterocycles. The lowest BCUT2D eigenvalue weighted by molar-refractivity contribution is -0.113. The molecule has 27 heavy (non-hydrogen) atoms. The molecule has 0 radical (unpaired) electrons. The van der Waals surface area contributed by atoms with Crippen molar-refractivity contribution in [3.63, 3.8) is 0 Å². The number of benzene rings is 2. The van der Waals surface area contributed by atoms with E-state index in [1.807, 2.05) is 60.4 Å². The van der Waals surface area contributed by atoms with Crippen molar-refractivity contribution in [3.05, 3.63) is 59.7 Å². The lowest BCUT2D eigenvalue weighted by Crippen LogP contribution is -2.38. The fraction of sp³-hybridized carbons (Fsp3) is 0.364. The van der Waals surface area contributed by atoms with Gasteiger partial charge in [-0.2, -0.15) is 0 Å². The minimum atomic E-state index is -0.0714. The van der Waals surface area contributed by atoms with Crippen molar-refractivity contribution in [1.29, 1.82) is 0 Å². The van der Waals surface area contributed by atoms with Crippen LogP contribution in [-0.4, -0.2) is 35.6 Å². The average molecular weight is 383 g/mol. The predicted molar refractivity (Wildman–Crippen MR) is 111 cm³/mol. The Hall–Kier alpha value is -2.27. The minimum absolute atomic E-state index is 0.0714. The minimum Gasteiger partial charge on any atom is -0.339 e. The number of rotatable bonds is 5. The smallest absolute Gasteiger partial charge is 0.254 e. The van der Waals surface area contributed by atoms with Crippen LogP contribution in [-0.2, 0) is 4.79 Å². The Bertz CT molecular complexity index is 796. The molecule has 1 aliphatic heterocycles. The fourth-order valence-corrected chi connectivity index (χ4v) is 3.97. The molecule has 3 rings (SSSR count). The summed E-state index contributed by atoms with van der Waals surface area (Å²) in [6.45, 7) is 5.87. The summed E-state index contributed by atoms with van der Waals surface area (Å²) in [7, 11) is 0. The van der Waals surface area contributed by atoms with Crippen molar-refractivity contribution in [3.8, 4) is 0 Å². The van der Waals surface area contributed by atoms with Crippen LogP contribution in [0.3, 0.4) is 0 Å². The second-order valence-corrected chi connectivity index (χ2v) is 8.19. The van der Waals surface area contributed by atoms with Gasteiger partial charge in [0.2, 0.25) is 5.91 Å². The molecule has 2 amide bonds. The van der Waals surface area contributed by atoms with Gasteiger partial charge in [-0.1, -0.05) is 36.8 Å². The number of carbonyl (C=O) groups excluding carboxylic acids is 2. The zero-order chi connectivity index (χ0) is 19.2. The third-order valence-electron chi connectivity index (χ3n) is 4.88. The Morgan fingerprint density at radius 1 is 1.07 bits per heavy atom. The van der Waals surface area contributed by atoms with Crippen LogP contribution >= 0.6 is 11.8 Å². The number of carbonyl (C=O) groups is 2. The van der Waals surface area contributed by atoms with Gasteiger partial charge in [0.25, 0.3) is 5.91 Å². The van der Waals surface area contributed by atoms with E-state index in [1.54, 1.807) is 0 Å².